The summed E-state index contributed by atoms with van der Waals surface area (Å²) >= 11 is 0. The lowest BCUT2D eigenvalue weighted by Gasteiger charge is -2.33. The van der Waals surface area contributed by atoms with E-state index in [-0.39, 0.29) is 0 Å². The first-order valence-corrected chi connectivity index (χ1v) is 4.32. The average Bonchev–Trinajstić information content (AvgIpc) is 2.04. The zero-order valence-electron chi connectivity index (χ0n) is 8.21. The highest BCUT2D eigenvalue weighted by atomic mass is 19.1. The average molecular weight is 182 g/mol. The molecule has 13 heavy (non-hydrogen) atoms. The summed E-state index contributed by atoms with van der Waals surface area (Å²) in [6.07, 6.45) is 0. The summed E-state index contributed by atoms with van der Waals surface area (Å²) in [6, 6.07) is 8.71. The predicted octanol–water partition coefficient (Wildman–Crippen LogP) is 2.64. The molecule has 0 aliphatic carbocycles. The highest BCUT2D eigenvalue weighted by molar-refractivity contribution is 5.24. The highest BCUT2D eigenvalue weighted by Crippen LogP contribution is 2.36. The van der Waals surface area contributed by atoms with Crippen LogP contribution in [0.15, 0.2) is 30.3 Å². The maximum absolute atomic E-state index is 14.1. The van der Waals surface area contributed by atoms with E-state index in [1.54, 1.807) is 24.3 Å². The van der Waals surface area contributed by atoms with Gasteiger partial charge < -0.3 is 5.11 Å². The topological polar surface area (TPSA) is 20.2 Å². The summed E-state index contributed by atoms with van der Waals surface area (Å²) in [6.45, 7) is 4.34. The highest BCUT2D eigenvalue weighted by Gasteiger charge is 2.41. The van der Waals surface area contributed by atoms with Gasteiger partial charge in [0.25, 0.3) is 0 Å². The van der Waals surface area contributed by atoms with Gasteiger partial charge in [0.15, 0.2) is 5.67 Å². The lowest BCUT2D eigenvalue weighted by Crippen LogP contribution is -2.41. The van der Waals surface area contributed by atoms with E-state index < -0.39 is 11.3 Å². The van der Waals surface area contributed by atoms with Crippen molar-refractivity contribution in [3.63, 3.8) is 0 Å². The molecule has 72 valence electrons. The monoisotopic (exact) mass is 182 g/mol. The summed E-state index contributed by atoms with van der Waals surface area (Å²) in [7, 11) is 0. The van der Waals surface area contributed by atoms with Crippen LogP contribution < -0.4 is 0 Å². The van der Waals surface area contributed by atoms with E-state index in [1.165, 1.54) is 20.8 Å². The van der Waals surface area contributed by atoms with E-state index >= 15 is 0 Å². The van der Waals surface area contributed by atoms with E-state index in [1.807, 2.05) is 6.07 Å². The van der Waals surface area contributed by atoms with Gasteiger partial charge in [0.05, 0.1) is 5.60 Å². The van der Waals surface area contributed by atoms with Crippen molar-refractivity contribution in [2.24, 2.45) is 0 Å². The quantitative estimate of drug-likeness (QED) is 0.745. The first kappa shape index (κ1) is 10.2. The molecule has 1 aromatic rings. The Morgan fingerprint density at radius 2 is 1.54 bits per heavy atom. The number of alkyl halides is 1. The van der Waals surface area contributed by atoms with Crippen molar-refractivity contribution >= 4 is 0 Å². The molecule has 0 heterocycles. The predicted molar refractivity (Wildman–Crippen MR) is 51.2 cm³/mol. The van der Waals surface area contributed by atoms with Gasteiger partial charge in [-0.3, -0.25) is 0 Å². The third-order valence-electron chi connectivity index (χ3n) is 2.46. The van der Waals surface area contributed by atoms with Gasteiger partial charge in [-0.15, -0.1) is 0 Å². The van der Waals surface area contributed by atoms with Gasteiger partial charge in [-0.2, -0.15) is 0 Å². The van der Waals surface area contributed by atoms with Crippen molar-refractivity contribution in [2.45, 2.75) is 32.0 Å². The molecule has 0 bridgehead atoms. The van der Waals surface area contributed by atoms with Gasteiger partial charge in [-0.25, -0.2) is 4.39 Å². The minimum absolute atomic E-state index is 0.502. The zero-order chi connectivity index (χ0) is 10.1. The van der Waals surface area contributed by atoms with Crippen LogP contribution in [0.5, 0.6) is 0 Å². The molecule has 1 unspecified atom stereocenters. The molecule has 0 amide bonds. The number of hydrogen-bond donors (Lipinski definition) is 1. The van der Waals surface area contributed by atoms with Crippen LogP contribution in [-0.4, -0.2) is 10.7 Å². The molecule has 2 heteroatoms. The van der Waals surface area contributed by atoms with Gasteiger partial charge in [0.1, 0.15) is 0 Å². The van der Waals surface area contributed by atoms with Gasteiger partial charge in [0.2, 0.25) is 0 Å². The largest absolute Gasteiger partial charge is 0.387 e. The van der Waals surface area contributed by atoms with Crippen molar-refractivity contribution in [3.8, 4) is 0 Å². The first-order chi connectivity index (χ1) is 5.86. The fraction of sp³-hybridized carbons (Fsp3) is 0.455. The minimum atomic E-state index is -1.71. The SMILES string of the molecule is CC(C)(O)C(C)(F)c1ccccc1. The summed E-state index contributed by atoms with van der Waals surface area (Å²) in [4.78, 5) is 0. The second-order valence-electron chi connectivity index (χ2n) is 3.93. The van der Waals surface area contributed by atoms with E-state index in [2.05, 4.69) is 0 Å². The van der Waals surface area contributed by atoms with Crippen molar-refractivity contribution in [3.05, 3.63) is 35.9 Å². The molecule has 0 aliphatic rings. The van der Waals surface area contributed by atoms with Crippen LogP contribution in [0.3, 0.4) is 0 Å². The smallest absolute Gasteiger partial charge is 0.161 e. The Morgan fingerprint density at radius 3 is 1.92 bits per heavy atom. The van der Waals surface area contributed by atoms with Crippen LogP contribution >= 0.6 is 0 Å². The lowest BCUT2D eigenvalue weighted by atomic mass is 9.83. The Bertz CT molecular complexity index is 272. The molecule has 0 aromatic heterocycles. The third kappa shape index (κ3) is 1.89. The number of hydrogen-bond acceptors (Lipinski definition) is 1. The molecule has 0 saturated carbocycles. The van der Waals surface area contributed by atoms with Crippen molar-refractivity contribution in [2.75, 3.05) is 0 Å². The van der Waals surface area contributed by atoms with Gasteiger partial charge in [-0.1, -0.05) is 30.3 Å². The van der Waals surface area contributed by atoms with E-state index in [0.29, 0.717) is 5.56 Å². The Balaban J connectivity index is 3.08. The molecule has 0 fully saturated rings. The molecule has 1 nitrogen and oxygen atoms in total. The number of aliphatic hydroxyl groups is 1. The molecule has 1 aromatic carbocycles. The molecule has 0 radical (unpaired) electrons. The fourth-order valence-electron chi connectivity index (χ4n) is 1.10. The van der Waals surface area contributed by atoms with Crippen molar-refractivity contribution < 1.29 is 9.50 Å². The first-order valence-electron chi connectivity index (χ1n) is 4.32. The van der Waals surface area contributed by atoms with Crippen LogP contribution in [0.4, 0.5) is 4.39 Å². The molecule has 0 aliphatic heterocycles. The van der Waals surface area contributed by atoms with Crippen molar-refractivity contribution in [1.29, 1.82) is 0 Å². The second kappa shape index (κ2) is 3.11. The molecule has 1 N–H and O–H groups in total. The van der Waals surface area contributed by atoms with Crippen LogP contribution in [0.2, 0.25) is 0 Å². The second-order valence-corrected chi connectivity index (χ2v) is 3.93. The molecule has 1 rings (SSSR count). The van der Waals surface area contributed by atoms with Crippen LogP contribution in [-0.2, 0) is 5.67 Å². The lowest BCUT2D eigenvalue weighted by molar-refractivity contribution is -0.0715. The van der Waals surface area contributed by atoms with Crippen LogP contribution in [0.25, 0.3) is 0 Å². The molecular formula is C11H15FO. The standard InChI is InChI=1S/C11H15FO/c1-10(2,13)11(3,12)9-7-5-4-6-8-9/h4-8,13H,1-3H3. The number of rotatable bonds is 2. The maximum Gasteiger partial charge on any atom is 0.161 e. The number of benzene rings is 1. The normalized spacial score (nSPS) is 16.7. The minimum Gasteiger partial charge on any atom is -0.387 e. The summed E-state index contributed by atoms with van der Waals surface area (Å²) in [5.41, 5.74) is -2.58. The molecule has 0 spiro atoms. The number of halogens is 1. The molecular weight excluding hydrogens is 167 g/mol. The Morgan fingerprint density at radius 1 is 1.08 bits per heavy atom. The molecule has 0 saturated heterocycles. The van der Waals surface area contributed by atoms with E-state index in [4.69, 9.17) is 0 Å². The summed E-state index contributed by atoms with van der Waals surface area (Å²) in [5.74, 6) is 0. The van der Waals surface area contributed by atoms with Gasteiger partial charge in [-0.05, 0) is 26.3 Å². The van der Waals surface area contributed by atoms with Gasteiger partial charge >= 0.3 is 0 Å². The van der Waals surface area contributed by atoms with Crippen molar-refractivity contribution in [1.82, 2.24) is 0 Å². The molecule has 1 atom stereocenters. The van der Waals surface area contributed by atoms with E-state index in [0.717, 1.165) is 0 Å². The van der Waals surface area contributed by atoms with E-state index in [9.17, 15) is 9.50 Å². The summed E-state index contributed by atoms with van der Waals surface area (Å²) < 4.78 is 14.1. The van der Waals surface area contributed by atoms with Crippen LogP contribution in [0.1, 0.15) is 26.3 Å². The zero-order valence-corrected chi connectivity index (χ0v) is 8.21. The Kier molecular flexibility index (Phi) is 2.44. The summed E-state index contributed by atoms with van der Waals surface area (Å²) in [5, 5.41) is 9.62. The Labute approximate surface area is 78.2 Å². The Hall–Kier alpha value is -0.890. The maximum atomic E-state index is 14.1. The van der Waals surface area contributed by atoms with Crippen LogP contribution in [0, 0.1) is 0 Å². The third-order valence-corrected chi connectivity index (χ3v) is 2.46. The fourth-order valence-corrected chi connectivity index (χ4v) is 1.10. The van der Waals surface area contributed by atoms with Gasteiger partial charge in [0, 0.05) is 0 Å².